The molecule has 0 heteroatoms. The Morgan fingerprint density at radius 3 is 1.26 bits per heavy atom. The van der Waals surface area contributed by atoms with Gasteiger partial charge in [-0.2, -0.15) is 0 Å². The van der Waals surface area contributed by atoms with E-state index in [1.54, 1.807) is 0 Å². The molecule has 0 saturated heterocycles. The van der Waals surface area contributed by atoms with E-state index < -0.39 is 0 Å². The zero-order valence-corrected chi connectivity index (χ0v) is 14.6. The van der Waals surface area contributed by atoms with Gasteiger partial charge in [0.25, 0.3) is 0 Å². The molecule has 19 heavy (non-hydrogen) atoms. The highest BCUT2D eigenvalue weighted by atomic mass is 13.9. The van der Waals surface area contributed by atoms with Crippen LogP contribution in [0, 0.1) is 13.8 Å². The number of rotatable bonds is 2. The van der Waals surface area contributed by atoms with Crippen molar-refractivity contribution < 1.29 is 0 Å². The minimum absolute atomic E-state index is 1.11. The lowest BCUT2D eigenvalue weighted by molar-refractivity contribution is 0.886. The smallest absolute Gasteiger partial charge is 0.0354 e. The van der Waals surface area contributed by atoms with Gasteiger partial charge in [-0.05, 0) is 38.3 Å². The molecule has 0 atom stereocenters. The molecule has 0 aromatic heterocycles. The fourth-order valence-electron chi connectivity index (χ4n) is 0.663. The van der Waals surface area contributed by atoms with Crippen LogP contribution in [0.1, 0.15) is 71.9 Å². The van der Waals surface area contributed by atoms with E-state index >= 15 is 0 Å². The average Bonchev–Trinajstić information content (AvgIpc) is 2.45. The Morgan fingerprint density at radius 1 is 0.895 bits per heavy atom. The number of hydrogen-bond donors (Lipinski definition) is 0. The van der Waals surface area contributed by atoms with Crippen molar-refractivity contribution in [2.24, 2.45) is 0 Å². The van der Waals surface area contributed by atoms with Crippen LogP contribution in [0.5, 0.6) is 0 Å². The lowest BCUT2D eigenvalue weighted by atomic mass is 10.1. The van der Waals surface area contributed by atoms with Crippen LogP contribution in [0.15, 0.2) is 36.4 Å². The maximum Gasteiger partial charge on any atom is -0.0354 e. The van der Waals surface area contributed by atoms with E-state index in [0.29, 0.717) is 0 Å². The Hall–Kier alpha value is -1.04. The number of hydrogen-bond acceptors (Lipinski definition) is 0. The molecule has 1 aromatic rings. The van der Waals surface area contributed by atoms with Gasteiger partial charge in [0.2, 0.25) is 0 Å². The molecule has 1 aromatic carbocycles. The molecule has 0 saturated carbocycles. The third kappa shape index (κ3) is 22.6. The Balaban J connectivity index is -0.000000203. The van der Waals surface area contributed by atoms with Gasteiger partial charge in [-0.1, -0.05) is 77.3 Å². The number of aryl methyl sites for hydroxylation is 2. The monoisotopic (exact) mass is 264 g/mol. The van der Waals surface area contributed by atoms with Crippen LogP contribution < -0.4 is 0 Å². The van der Waals surface area contributed by atoms with Crippen molar-refractivity contribution in [3.63, 3.8) is 0 Å². The summed E-state index contributed by atoms with van der Waals surface area (Å²) in [4.78, 5) is 0. The molecule has 0 radical (unpaired) electrons. The van der Waals surface area contributed by atoms with Gasteiger partial charge in [-0.3, -0.25) is 0 Å². The first-order valence-electron chi connectivity index (χ1n) is 7.66. The Kier molecular flexibility index (Phi) is 23.5. The minimum Gasteiger partial charge on any atom is -0.100 e. The first-order chi connectivity index (χ1) is 8.99. The van der Waals surface area contributed by atoms with Crippen LogP contribution in [-0.4, -0.2) is 0 Å². The molecule has 0 aliphatic rings. The summed E-state index contributed by atoms with van der Waals surface area (Å²) in [6.07, 6.45) is 3.75. The van der Waals surface area contributed by atoms with Crippen LogP contribution in [-0.2, 0) is 0 Å². The summed E-state index contributed by atoms with van der Waals surface area (Å²) < 4.78 is 0. The molecule has 0 aliphatic carbocycles. The van der Waals surface area contributed by atoms with Crippen LogP contribution in [0.3, 0.4) is 0 Å². The number of unbranched alkanes of at least 4 members (excludes halogenated alkanes) is 1. The van der Waals surface area contributed by atoms with Crippen molar-refractivity contribution in [2.45, 2.75) is 74.7 Å². The molecule has 0 nitrogen and oxygen atoms in total. The van der Waals surface area contributed by atoms with Crippen LogP contribution in [0.2, 0.25) is 0 Å². The first kappa shape index (κ1) is 23.1. The van der Waals surface area contributed by atoms with Gasteiger partial charge in [0, 0.05) is 0 Å². The predicted octanol–water partition coefficient (Wildman–Crippen LogP) is 7.11. The summed E-state index contributed by atoms with van der Waals surface area (Å²) in [5.41, 5.74) is 3.99. The van der Waals surface area contributed by atoms with E-state index in [2.05, 4.69) is 65.5 Å². The fourth-order valence-corrected chi connectivity index (χ4v) is 0.663. The maximum atomic E-state index is 3.67. The second kappa shape index (κ2) is 19.3. The van der Waals surface area contributed by atoms with Crippen LogP contribution in [0.4, 0.5) is 0 Å². The normalized spacial score (nSPS) is 7.79. The van der Waals surface area contributed by atoms with Gasteiger partial charge < -0.3 is 0 Å². The number of allylic oxidation sites excluding steroid dienone is 1. The van der Waals surface area contributed by atoms with Crippen LogP contribution in [0.25, 0.3) is 0 Å². The number of benzene rings is 1. The summed E-state index contributed by atoms with van der Waals surface area (Å²) in [6, 6.07) is 8.36. The molecule has 0 bridgehead atoms. The Bertz CT molecular complexity index is 261. The topological polar surface area (TPSA) is 0 Å². The molecule has 0 heterocycles. The molecule has 0 amide bonds. The van der Waals surface area contributed by atoms with Gasteiger partial charge in [0.1, 0.15) is 0 Å². The van der Waals surface area contributed by atoms with Gasteiger partial charge in [-0.25, -0.2) is 0 Å². The second-order valence-corrected chi connectivity index (χ2v) is 4.39. The molecule has 0 unspecified atom stereocenters. The molecule has 0 fully saturated rings. The summed E-state index contributed by atoms with van der Waals surface area (Å²) in [5, 5.41) is 0. The standard InChI is InChI=1S/C8H10.C5H10.C4H10.C2H6/c1-7-5-3-4-6-8(7)2;1-4-5(2)3;1-3-4-2;1-2/h3-6H,1-2H3;2,4H2,1,3H3;3-4H2,1-2H3;1-2H3. The molecule has 0 spiro atoms. The lowest BCUT2D eigenvalue weighted by Crippen LogP contribution is -1.74. The first-order valence-corrected chi connectivity index (χ1v) is 7.66. The van der Waals surface area contributed by atoms with Crippen molar-refractivity contribution >= 4 is 0 Å². The molecule has 0 aliphatic heterocycles. The third-order valence-corrected chi connectivity index (χ3v) is 2.53. The predicted molar refractivity (Wildman–Crippen MR) is 93.0 cm³/mol. The molecule has 0 N–H and O–H groups in total. The highest BCUT2D eigenvalue weighted by Crippen LogP contribution is 2.02. The molecule has 112 valence electrons. The quantitative estimate of drug-likeness (QED) is 0.499. The van der Waals surface area contributed by atoms with Gasteiger partial charge in [0.15, 0.2) is 0 Å². The van der Waals surface area contributed by atoms with Gasteiger partial charge in [0.05, 0.1) is 0 Å². The minimum atomic E-state index is 1.11. The molecular formula is C19H36. The van der Waals surface area contributed by atoms with Crippen LogP contribution >= 0.6 is 0 Å². The summed E-state index contributed by atoms with van der Waals surface area (Å²) in [7, 11) is 0. The molecule has 1 rings (SSSR count). The average molecular weight is 264 g/mol. The van der Waals surface area contributed by atoms with Crippen molar-refractivity contribution in [1.82, 2.24) is 0 Å². The van der Waals surface area contributed by atoms with E-state index in [4.69, 9.17) is 0 Å². The van der Waals surface area contributed by atoms with E-state index in [-0.39, 0.29) is 0 Å². The van der Waals surface area contributed by atoms with E-state index in [0.717, 1.165) is 6.42 Å². The van der Waals surface area contributed by atoms with E-state index in [9.17, 15) is 0 Å². The Morgan fingerprint density at radius 2 is 1.16 bits per heavy atom. The summed E-state index contributed by atoms with van der Waals surface area (Å²) >= 11 is 0. The van der Waals surface area contributed by atoms with Crippen molar-refractivity contribution in [3.8, 4) is 0 Å². The van der Waals surface area contributed by atoms with E-state index in [1.165, 1.54) is 29.5 Å². The third-order valence-electron chi connectivity index (χ3n) is 2.53. The van der Waals surface area contributed by atoms with E-state index in [1.807, 2.05) is 20.8 Å². The lowest BCUT2D eigenvalue weighted by Gasteiger charge is -1.93. The van der Waals surface area contributed by atoms with Crippen molar-refractivity contribution in [1.29, 1.82) is 0 Å². The Labute approximate surface area is 123 Å². The summed E-state index contributed by atoms with van der Waals surface area (Å²) in [5.74, 6) is 0. The second-order valence-electron chi connectivity index (χ2n) is 4.39. The zero-order valence-electron chi connectivity index (χ0n) is 14.6. The SMILES string of the molecule is C=C(C)CC.CC.CCCC.Cc1ccccc1C. The largest absolute Gasteiger partial charge is 0.100 e. The molecular weight excluding hydrogens is 228 g/mol. The maximum absolute atomic E-state index is 3.67. The van der Waals surface area contributed by atoms with Gasteiger partial charge in [-0.15, -0.1) is 6.58 Å². The van der Waals surface area contributed by atoms with Gasteiger partial charge >= 0.3 is 0 Å². The van der Waals surface area contributed by atoms with Crippen molar-refractivity contribution in [3.05, 3.63) is 47.5 Å². The highest BCUT2D eigenvalue weighted by molar-refractivity contribution is 5.23. The zero-order chi connectivity index (χ0) is 15.7. The fraction of sp³-hybridized carbons (Fsp3) is 0.579. The summed E-state index contributed by atoms with van der Waals surface area (Å²) in [6.45, 7) is 20.4. The highest BCUT2D eigenvalue weighted by Gasteiger charge is 1.83. The van der Waals surface area contributed by atoms with Crippen molar-refractivity contribution in [2.75, 3.05) is 0 Å².